The number of nitrogens with zero attached hydrogens (tertiary/aromatic N) is 3. The number of ether oxygens (including phenoxy) is 1. The lowest BCUT2D eigenvalue weighted by Crippen LogP contribution is -2.41. The Balaban J connectivity index is 0.000000454. The molecule has 0 spiro atoms. The van der Waals surface area contributed by atoms with E-state index in [1.165, 1.54) is 4.90 Å². The van der Waals surface area contributed by atoms with E-state index in [0.717, 1.165) is 41.8 Å². The zero-order valence-corrected chi connectivity index (χ0v) is 24.6. The predicted octanol–water partition coefficient (Wildman–Crippen LogP) is 9.43. The standard InChI is InChI=1S/C20H29F2NO2.C10H10N2.C2H6/c1-4-6-10-16-14-17(12-13-20(16,21)22)25-19(24)23(3)18-11-8-7-9-15(18)5-2;1-3-12-10-5-4-9(7-11)6-8(10)2;1-2/h7-9,11,16-17H,4-6,10,12-14H2,1-3H3;3-6H,1-2H3;1-2H3. The van der Waals surface area contributed by atoms with Gasteiger partial charge in [0.15, 0.2) is 0 Å². The Morgan fingerprint density at radius 3 is 2.51 bits per heavy atom. The summed E-state index contributed by atoms with van der Waals surface area (Å²) < 4.78 is 33.7. The van der Waals surface area contributed by atoms with Crippen LogP contribution in [0, 0.1) is 24.2 Å². The zero-order valence-electron chi connectivity index (χ0n) is 24.6. The number of unbranched alkanes of at least 4 members (excludes halogenated alkanes) is 1. The van der Waals surface area contributed by atoms with Gasteiger partial charge in [-0.15, -0.1) is 0 Å². The van der Waals surface area contributed by atoms with Crippen molar-refractivity contribution in [2.24, 2.45) is 10.9 Å². The SMILES string of the molecule is CC.CC=Nc1ccc(C#N)cc1C.CCCCC1CC(OC(=O)N(C)c2ccccc2CC)CCC1(F)F. The van der Waals surface area contributed by atoms with E-state index in [4.69, 9.17) is 10.00 Å². The lowest BCUT2D eigenvalue weighted by molar-refractivity contribution is -0.115. The highest BCUT2D eigenvalue weighted by Crippen LogP contribution is 2.42. The smallest absolute Gasteiger partial charge is 0.414 e. The minimum Gasteiger partial charge on any atom is -0.446 e. The molecule has 0 aliphatic heterocycles. The van der Waals surface area contributed by atoms with Crippen molar-refractivity contribution in [1.29, 1.82) is 5.26 Å². The summed E-state index contributed by atoms with van der Waals surface area (Å²) in [6.45, 7) is 11.8. The normalized spacial score (nSPS) is 17.6. The third-order valence-corrected chi connectivity index (χ3v) is 6.72. The van der Waals surface area contributed by atoms with E-state index >= 15 is 0 Å². The van der Waals surface area contributed by atoms with Crippen LogP contribution in [0.15, 0.2) is 47.5 Å². The number of carbonyl (C=O) groups excluding carboxylic acids is 1. The number of aliphatic imine (C=N–C) groups is 1. The first-order valence-corrected chi connectivity index (χ1v) is 14.1. The highest BCUT2D eigenvalue weighted by Gasteiger charge is 2.45. The molecule has 1 saturated carbocycles. The molecule has 2 aromatic carbocycles. The largest absolute Gasteiger partial charge is 0.446 e. The molecule has 1 aliphatic carbocycles. The Labute approximate surface area is 233 Å². The number of anilines is 1. The van der Waals surface area contributed by atoms with Crippen LogP contribution in [0.4, 0.5) is 25.0 Å². The summed E-state index contributed by atoms with van der Waals surface area (Å²) in [6.07, 6.45) is 4.11. The molecule has 0 saturated heterocycles. The third-order valence-electron chi connectivity index (χ3n) is 6.72. The van der Waals surface area contributed by atoms with Crippen molar-refractivity contribution in [2.75, 3.05) is 11.9 Å². The van der Waals surface area contributed by atoms with Crippen LogP contribution in [-0.2, 0) is 11.2 Å². The molecule has 1 fully saturated rings. The number of hydrogen-bond acceptors (Lipinski definition) is 4. The number of benzene rings is 2. The van der Waals surface area contributed by atoms with Gasteiger partial charge in [0.25, 0.3) is 5.92 Å². The quantitative estimate of drug-likeness (QED) is 0.328. The van der Waals surface area contributed by atoms with E-state index in [1.54, 1.807) is 19.3 Å². The summed E-state index contributed by atoms with van der Waals surface area (Å²) in [7, 11) is 1.67. The van der Waals surface area contributed by atoms with Crippen molar-refractivity contribution in [3.63, 3.8) is 0 Å². The first kappa shape index (κ1) is 33.8. The number of nitriles is 1. The molecule has 0 heterocycles. The maximum atomic E-state index is 14.1. The summed E-state index contributed by atoms with van der Waals surface area (Å²) in [6, 6.07) is 15.2. The Morgan fingerprint density at radius 1 is 1.23 bits per heavy atom. The zero-order chi connectivity index (χ0) is 29.4. The molecule has 0 bridgehead atoms. The van der Waals surface area contributed by atoms with Crippen molar-refractivity contribution in [2.45, 2.75) is 98.5 Å². The molecular weight excluding hydrogens is 496 g/mol. The van der Waals surface area contributed by atoms with Crippen molar-refractivity contribution in [3.8, 4) is 6.07 Å². The molecule has 0 radical (unpaired) electrons. The second-order valence-electron chi connectivity index (χ2n) is 9.42. The Morgan fingerprint density at radius 2 is 1.92 bits per heavy atom. The molecule has 0 N–H and O–H groups in total. The summed E-state index contributed by atoms with van der Waals surface area (Å²) in [4.78, 5) is 18.1. The molecular formula is C32H45F2N3O2. The van der Waals surface area contributed by atoms with Crippen molar-refractivity contribution in [3.05, 3.63) is 59.2 Å². The molecule has 214 valence electrons. The molecule has 0 aromatic heterocycles. The Hall–Kier alpha value is -3.27. The summed E-state index contributed by atoms with van der Waals surface area (Å²) in [5, 5.41) is 8.59. The van der Waals surface area contributed by atoms with E-state index in [9.17, 15) is 13.6 Å². The second kappa shape index (κ2) is 17.3. The highest BCUT2D eigenvalue weighted by molar-refractivity contribution is 5.88. The molecule has 1 amide bonds. The van der Waals surface area contributed by atoms with Gasteiger partial charge in [0, 0.05) is 31.3 Å². The number of para-hydroxylation sites is 1. The van der Waals surface area contributed by atoms with E-state index in [0.29, 0.717) is 12.0 Å². The number of amides is 1. The summed E-state index contributed by atoms with van der Waals surface area (Å²) in [5.74, 6) is -3.33. The first-order chi connectivity index (χ1) is 18.7. The average Bonchev–Trinajstić information content (AvgIpc) is 2.95. The maximum Gasteiger partial charge on any atom is 0.414 e. The minimum atomic E-state index is -2.64. The van der Waals surface area contributed by atoms with Crippen LogP contribution in [0.3, 0.4) is 0 Å². The maximum absolute atomic E-state index is 14.1. The Bertz CT molecular complexity index is 1100. The van der Waals surface area contributed by atoms with Gasteiger partial charge in [-0.1, -0.05) is 58.7 Å². The van der Waals surface area contributed by atoms with Gasteiger partial charge in [0.1, 0.15) is 6.10 Å². The van der Waals surface area contributed by atoms with Gasteiger partial charge < -0.3 is 4.74 Å². The van der Waals surface area contributed by atoms with Crippen LogP contribution in [0.25, 0.3) is 0 Å². The summed E-state index contributed by atoms with van der Waals surface area (Å²) in [5.41, 5.74) is 4.50. The van der Waals surface area contributed by atoms with Crippen LogP contribution >= 0.6 is 0 Å². The summed E-state index contributed by atoms with van der Waals surface area (Å²) >= 11 is 0. The van der Waals surface area contributed by atoms with Gasteiger partial charge in [-0.05, 0) is 74.9 Å². The van der Waals surface area contributed by atoms with Gasteiger partial charge in [0.2, 0.25) is 0 Å². The first-order valence-electron chi connectivity index (χ1n) is 14.1. The fourth-order valence-electron chi connectivity index (χ4n) is 4.52. The molecule has 39 heavy (non-hydrogen) atoms. The fourth-order valence-corrected chi connectivity index (χ4v) is 4.52. The topological polar surface area (TPSA) is 65.7 Å². The third kappa shape index (κ3) is 10.4. The Kier molecular flexibility index (Phi) is 15.0. The fraction of sp³-hybridized carbons (Fsp3) is 0.531. The van der Waals surface area contributed by atoms with Gasteiger partial charge in [-0.25, -0.2) is 13.6 Å². The van der Waals surface area contributed by atoms with E-state index in [-0.39, 0.29) is 19.3 Å². The monoisotopic (exact) mass is 541 g/mol. The molecule has 3 rings (SSSR count). The molecule has 7 heteroatoms. The number of carbonyl (C=O) groups is 1. The number of alkyl halides is 2. The molecule has 5 nitrogen and oxygen atoms in total. The lowest BCUT2D eigenvalue weighted by Gasteiger charge is -2.36. The van der Waals surface area contributed by atoms with E-state index in [1.807, 2.05) is 77.9 Å². The van der Waals surface area contributed by atoms with Crippen LogP contribution in [0.5, 0.6) is 0 Å². The van der Waals surface area contributed by atoms with Gasteiger partial charge in [-0.2, -0.15) is 5.26 Å². The van der Waals surface area contributed by atoms with Gasteiger partial charge >= 0.3 is 6.09 Å². The number of hydrogen-bond donors (Lipinski definition) is 0. The molecule has 2 aromatic rings. The van der Waals surface area contributed by atoms with Gasteiger partial charge in [-0.3, -0.25) is 9.89 Å². The lowest BCUT2D eigenvalue weighted by atomic mass is 9.81. The number of halogens is 2. The number of aryl methyl sites for hydroxylation is 2. The van der Waals surface area contributed by atoms with Crippen molar-refractivity contribution >= 4 is 23.7 Å². The van der Waals surface area contributed by atoms with Crippen molar-refractivity contribution < 1.29 is 18.3 Å². The van der Waals surface area contributed by atoms with E-state index < -0.39 is 24.0 Å². The van der Waals surface area contributed by atoms with Crippen LogP contribution in [0.1, 0.15) is 89.8 Å². The van der Waals surface area contributed by atoms with Crippen LogP contribution < -0.4 is 4.90 Å². The highest BCUT2D eigenvalue weighted by atomic mass is 19.3. The molecule has 1 aliphatic rings. The predicted molar refractivity (Wildman–Crippen MR) is 157 cm³/mol. The van der Waals surface area contributed by atoms with E-state index in [2.05, 4.69) is 11.1 Å². The number of rotatable bonds is 7. The molecule has 2 unspecified atom stereocenters. The van der Waals surface area contributed by atoms with Gasteiger partial charge in [0.05, 0.1) is 17.3 Å². The van der Waals surface area contributed by atoms with Crippen LogP contribution in [-0.4, -0.2) is 31.4 Å². The van der Waals surface area contributed by atoms with Crippen LogP contribution in [0.2, 0.25) is 0 Å². The van der Waals surface area contributed by atoms with Crippen molar-refractivity contribution in [1.82, 2.24) is 0 Å². The second-order valence-corrected chi connectivity index (χ2v) is 9.42. The average molecular weight is 542 g/mol. The molecule has 2 atom stereocenters. The minimum absolute atomic E-state index is 0.200.